The van der Waals surface area contributed by atoms with Gasteiger partial charge in [0, 0.05) is 30.7 Å². The van der Waals surface area contributed by atoms with Gasteiger partial charge in [0.15, 0.2) is 0 Å². The Morgan fingerprint density at radius 3 is 2.85 bits per heavy atom. The number of nitrogens with one attached hydrogen (secondary N) is 1. The van der Waals surface area contributed by atoms with Gasteiger partial charge in [0.25, 0.3) is 0 Å². The molecule has 2 atom stereocenters. The number of piperidine rings is 1. The third-order valence-electron chi connectivity index (χ3n) is 3.97. The second-order valence-electron chi connectivity index (χ2n) is 6.66. The Morgan fingerprint density at radius 1 is 1.35 bits per heavy atom. The number of ether oxygens (including phenoxy) is 1. The molecule has 1 fully saturated rings. The van der Waals surface area contributed by atoms with E-state index in [0.29, 0.717) is 12.0 Å². The highest BCUT2D eigenvalue weighted by atomic mass is 16.6. The zero-order valence-electron chi connectivity index (χ0n) is 12.3. The van der Waals surface area contributed by atoms with E-state index in [4.69, 9.17) is 4.74 Å². The standard InChI is InChI=1S/C16H22N2O2/c1-16(2,3)20-15(19)18-9-8-14-12(10-18)11-6-4-5-7-13(11)17-14/h4-7,12,14,17H,8-10H2,1-3H3/t12-,14+/m0/s1. The molecule has 3 rings (SSSR count). The zero-order chi connectivity index (χ0) is 14.3. The van der Waals surface area contributed by atoms with Gasteiger partial charge in [0.05, 0.1) is 0 Å². The summed E-state index contributed by atoms with van der Waals surface area (Å²) in [7, 11) is 0. The first-order chi connectivity index (χ1) is 9.44. The second kappa shape index (κ2) is 4.69. The SMILES string of the molecule is CC(C)(C)OC(=O)N1CC[C@H]2Nc3ccccc3[C@@H]2C1. The minimum absolute atomic E-state index is 0.194. The molecule has 4 nitrogen and oxygen atoms in total. The van der Waals surface area contributed by atoms with Crippen LogP contribution in [0.1, 0.15) is 38.7 Å². The number of anilines is 1. The predicted octanol–water partition coefficient (Wildman–Crippen LogP) is 3.21. The van der Waals surface area contributed by atoms with E-state index in [-0.39, 0.29) is 6.09 Å². The molecule has 20 heavy (non-hydrogen) atoms. The number of carbonyl (C=O) groups excluding carboxylic acids is 1. The molecule has 2 aliphatic heterocycles. The van der Waals surface area contributed by atoms with E-state index in [2.05, 4.69) is 29.6 Å². The molecule has 0 aliphatic carbocycles. The number of fused-ring (bicyclic) bond motifs is 3. The molecule has 4 heteroatoms. The Balaban J connectivity index is 1.73. The van der Waals surface area contributed by atoms with Crippen molar-refractivity contribution in [3.63, 3.8) is 0 Å². The average Bonchev–Trinajstić information content (AvgIpc) is 2.74. The largest absolute Gasteiger partial charge is 0.444 e. The van der Waals surface area contributed by atoms with Crippen LogP contribution in [0.25, 0.3) is 0 Å². The molecular weight excluding hydrogens is 252 g/mol. The van der Waals surface area contributed by atoms with Crippen molar-refractivity contribution in [3.05, 3.63) is 29.8 Å². The minimum Gasteiger partial charge on any atom is -0.444 e. The molecule has 0 unspecified atom stereocenters. The summed E-state index contributed by atoms with van der Waals surface area (Å²) in [6, 6.07) is 8.84. The maximum atomic E-state index is 12.2. The van der Waals surface area contributed by atoms with Crippen LogP contribution in [0.15, 0.2) is 24.3 Å². The Hall–Kier alpha value is -1.71. The summed E-state index contributed by atoms with van der Waals surface area (Å²) in [4.78, 5) is 14.0. The molecule has 1 aromatic carbocycles. The molecule has 108 valence electrons. The molecule has 2 aliphatic rings. The van der Waals surface area contributed by atoms with Crippen LogP contribution in [0, 0.1) is 0 Å². The molecule has 1 N–H and O–H groups in total. The fourth-order valence-corrected chi connectivity index (χ4v) is 3.08. The number of benzene rings is 1. The normalized spacial score (nSPS) is 24.6. The van der Waals surface area contributed by atoms with Crippen molar-refractivity contribution in [2.24, 2.45) is 0 Å². The summed E-state index contributed by atoms with van der Waals surface area (Å²) in [5, 5.41) is 3.57. The summed E-state index contributed by atoms with van der Waals surface area (Å²) >= 11 is 0. The zero-order valence-corrected chi connectivity index (χ0v) is 12.3. The van der Waals surface area contributed by atoms with Crippen LogP contribution >= 0.6 is 0 Å². The maximum absolute atomic E-state index is 12.2. The first-order valence-corrected chi connectivity index (χ1v) is 7.27. The number of carbonyl (C=O) groups is 1. The highest BCUT2D eigenvalue weighted by Crippen LogP contribution is 2.40. The van der Waals surface area contributed by atoms with E-state index < -0.39 is 5.60 Å². The summed E-state index contributed by atoms with van der Waals surface area (Å²) in [6.07, 6.45) is 0.777. The van der Waals surface area contributed by atoms with Gasteiger partial charge in [0.2, 0.25) is 0 Å². The van der Waals surface area contributed by atoms with Crippen molar-refractivity contribution in [2.45, 2.75) is 44.8 Å². The van der Waals surface area contributed by atoms with Gasteiger partial charge in [-0.1, -0.05) is 18.2 Å². The second-order valence-corrected chi connectivity index (χ2v) is 6.66. The van der Waals surface area contributed by atoms with Crippen molar-refractivity contribution in [2.75, 3.05) is 18.4 Å². The van der Waals surface area contributed by atoms with Crippen molar-refractivity contribution in [3.8, 4) is 0 Å². The number of hydrogen-bond donors (Lipinski definition) is 1. The molecule has 0 bridgehead atoms. The third-order valence-corrected chi connectivity index (χ3v) is 3.97. The average molecular weight is 274 g/mol. The topological polar surface area (TPSA) is 41.6 Å². The summed E-state index contributed by atoms with van der Waals surface area (Å²) in [5.74, 6) is 0.382. The Morgan fingerprint density at radius 2 is 2.10 bits per heavy atom. The van der Waals surface area contributed by atoms with Gasteiger partial charge in [-0.05, 0) is 38.8 Å². The van der Waals surface area contributed by atoms with Crippen LogP contribution in [0.5, 0.6) is 0 Å². The van der Waals surface area contributed by atoms with E-state index in [1.54, 1.807) is 0 Å². The molecule has 1 aromatic rings. The quantitative estimate of drug-likeness (QED) is 0.790. The molecule has 1 amide bonds. The van der Waals surface area contributed by atoms with E-state index in [1.165, 1.54) is 11.3 Å². The maximum Gasteiger partial charge on any atom is 0.410 e. The van der Waals surface area contributed by atoms with Gasteiger partial charge in [0.1, 0.15) is 5.60 Å². The molecule has 0 saturated carbocycles. The van der Waals surface area contributed by atoms with Crippen molar-refractivity contribution < 1.29 is 9.53 Å². The third kappa shape index (κ3) is 2.47. The highest BCUT2D eigenvalue weighted by Gasteiger charge is 2.38. The number of likely N-dealkylation sites (tertiary alicyclic amines) is 1. The van der Waals surface area contributed by atoms with Crippen LogP contribution in [-0.4, -0.2) is 35.7 Å². The number of rotatable bonds is 0. The molecule has 0 aromatic heterocycles. The van der Waals surface area contributed by atoms with Gasteiger partial charge >= 0.3 is 6.09 Å². The van der Waals surface area contributed by atoms with Gasteiger partial charge in [-0.2, -0.15) is 0 Å². The lowest BCUT2D eigenvalue weighted by Gasteiger charge is -2.36. The van der Waals surface area contributed by atoms with E-state index in [0.717, 1.165) is 19.5 Å². The fraction of sp³-hybridized carbons (Fsp3) is 0.562. The summed E-state index contributed by atoms with van der Waals surface area (Å²) < 4.78 is 5.48. The van der Waals surface area contributed by atoms with Crippen molar-refractivity contribution >= 4 is 11.8 Å². The van der Waals surface area contributed by atoms with Gasteiger partial charge in [-0.15, -0.1) is 0 Å². The predicted molar refractivity (Wildman–Crippen MR) is 79.0 cm³/mol. The van der Waals surface area contributed by atoms with Crippen molar-refractivity contribution in [1.82, 2.24) is 4.90 Å². The number of para-hydroxylation sites is 1. The first-order valence-electron chi connectivity index (χ1n) is 7.27. The van der Waals surface area contributed by atoms with Gasteiger partial charge in [-0.25, -0.2) is 4.79 Å². The van der Waals surface area contributed by atoms with Crippen molar-refractivity contribution in [1.29, 1.82) is 0 Å². The number of hydrogen-bond acceptors (Lipinski definition) is 3. The lowest BCUT2D eigenvalue weighted by atomic mass is 9.89. The molecule has 1 saturated heterocycles. The van der Waals surface area contributed by atoms with E-state index >= 15 is 0 Å². The minimum atomic E-state index is -0.431. The Labute approximate surface area is 120 Å². The van der Waals surface area contributed by atoms with Gasteiger partial charge in [-0.3, -0.25) is 0 Å². The smallest absolute Gasteiger partial charge is 0.410 e. The van der Waals surface area contributed by atoms with Gasteiger partial charge < -0.3 is 15.0 Å². The first kappa shape index (κ1) is 13.3. The lowest BCUT2D eigenvalue weighted by molar-refractivity contribution is 0.0195. The Bertz CT molecular complexity index is 521. The number of amides is 1. The molecule has 0 spiro atoms. The molecule has 2 heterocycles. The molecule has 0 radical (unpaired) electrons. The van der Waals surface area contributed by atoms with Crippen LogP contribution in [-0.2, 0) is 4.74 Å². The van der Waals surface area contributed by atoms with Crippen LogP contribution in [0.4, 0.5) is 10.5 Å². The summed E-state index contributed by atoms with van der Waals surface area (Å²) in [5.41, 5.74) is 2.11. The van der Waals surface area contributed by atoms with E-state index in [9.17, 15) is 4.79 Å². The summed E-state index contributed by atoms with van der Waals surface area (Å²) in [6.45, 7) is 7.22. The van der Waals surface area contributed by atoms with Crippen LogP contribution in [0.2, 0.25) is 0 Å². The fourth-order valence-electron chi connectivity index (χ4n) is 3.08. The molecular formula is C16H22N2O2. The number of nitrogens with zero attached hydrogens (tertiary/aromatic N) is 1. The Kier molecular flexibility index (Phi) is 3.11. The van der Waals surface area contributed by atoms with E-state index in [1.807, 2.05) is 25.7 Å². The lowest BCUT2D eigenvalue weighted by Crippen LogP contribution is -2.46. The highest BCUT2D eigenvalue weighted by molar-refractivity contribution is 5.69. The van der Waals surface area contributed by atoms with Crippen LogP contribution < -0.4 is 5.32 Å². The monoisotopic (exact) mass is 274 g/mol. The van der Waals surface area contributed by atoms with Crippen LogP contribution in [0.3, 0.4) is 0 Å².